The van der Waals surface area contributed by atoms with Gasteiger partial charge in [0, 0.05) is 11.3 Å². The smallest absolute Gasteiger partial charge is 0.257 e. The van der Waals surface area contributed by atoms with Crippen LogP contribution in [0.5, 0.6) is 5.75 Å². The molecule has 26 heavy (non-hydrogen) atoms. The van der Waals surface area contributed by atoms with E-state index in [0.717, 1.165) is 17.9 Å². The number of hydrogen-bond acceptors (Lipinski definition) is 3. The van der Waals surface area contributed by atoms with Crippen molar-refractivity contribution in [3.05, 3.63) is 59.7 Å². The second-order valence-electron chi connectivity index (χ2n) is 6.40. The molecule has 0 heterocycles. The van der Waals surface area contributed by atoms with Crippen molar-refractivity contribution < 1.29 is 9.53 Å². The van der Waals surface area contributed by atoms with Gasteiger partial charge in [0.2, 0.25) is 0 Å². The average Bonchev–Trinajstić information content (AvgIpc) is 2.61. The third-order valence-electron chi connectivity index (χ3n) is 3.75. The minimum absolute atomic E-state index is 0.0971. The monoisotopic (exact) mass is 370 g/mol. The first-order valence-corrected chi connectivity index (χ1v) is 9.36. The Morgan fingerprint density at radius 1 is 1.08 bits per heavy atom. The van der Waals surface area contributed by atoms with Gasteiger partial charge in [0.15, 0.2) is 5.11 Å². The highest BCUT2D eigenvalue weighted by Crippen LogP contribution is 2.14. The van der Waals surface area contributed by atoms with Gasteiger partial charge in [0.05, 0.1) is 6.10 Å². The van der Waals surface area contributed by atoms with E-state index < -0.39 is 0 Å². The van der Waals surface area contributed by atoms with Gasteiger partial charge >= 0.3 is 0 Å². The van der Waals surface area contributed by atoms with E-state index >= 15 is 0 Å². The number of hydrogen-bond donors (Lipinski definition) is 2. The highest BCUT2D eigenvalue weighted by atomic mass is 32.1. The van der Waals surface area contributed by atoms with Crippen molar-refractivity contribution in [3.8, 4) is 5.75 Å². The van der Waals surface area contributed by atoms with Gasteiger partial charge in [-0.2, -0.15) is 0 Å². The van der Waals surface area contributed by atoms with E-state index in [4.69, 9.17) is 17.0 Å². The van der Waals surface area contributed by atoms with E-state index in [-0.39, 0.29) is 17.1 Å². The van der Waals surface area contributed by atoms with E-state index in [2.05, 4.69) is 29.7 Å². The highest BCUT2D eigenvalue weighted by molar-refractivity contribution is 7.80. The van der Waals surface area contributed by atoms with Crippen LogP contribution >= 0.6 is 12.2 Å². The molecule has 0 saturated heterocycles. The summed E-state index contributed by atoms with van der Waals surface area (Å²) in [6, 6.07) is 15.1. The summed E-state index contributed by atoms with van der Waals surface area (Å²) >= 11 is 5.23. The standard InChI is InChI=1S/C21H26N2O2S/c1-4-5-6-16-7-11-18(12-8-16)22-21(26)23-20(24)17-9-13-19(14-10-17)25-15(2)3/h7-15H,4-6H2,1-3H3,(H2,22,23,24,26). The first-order chi connectivity index (χ1) is 12.5. The second-order valence-corrected chi connectivity index (χ2v) is 6.81. The van der Waals surface area contributed by atoms with Gasteiger partial charge in [0.1, 0.15) is 5.75 Å². The molecular weight excluding hydrogens is 344 g/mol. The molecular formula is C21H26N2O2S. The molecule has 0 aromatic heterocycles. The first-order valence-electron chi connectivity index (χ1n) is 8.96. The van der Waals surface area contributed by atoms with Crippen LogP contribution in [0.25, 0.3) is 0 Å². The number of carbonyl (C=O) groups excluding carboxylic acids is 1. The zero-order valence-corrected chi connectivity index (χ0v) is 16.4. The zero-order chi connectivity index (χ0) is 18.9. The number of nitrogens with one attached hydrogen (secondary N) is 2. The maximum absolute atomic E-state index is 12.3. The molecule has 0 unspecified atom stereocenters. The SMILES string of the molecule is CCCCc1ccc(NC(=S)NC(=O)c2ccc(OC(C)C)cc2)cc1. The number of thiocarbonyl (C=S) groups is 1. The number of carbonyl (C=O) groups is 1. The molecule has 1 amide bonds. The summed E-state index contributed by atoms with van der Waals surface area (Å²) in [5, 5.41) is 6.01. The van der Waals surface area contributed by atoms with Crippen molar-refractivity contribution in [3.63, 3.8) is 0 Å². The predicted octanol–water partition coefficient (Wildman–Crippen LogP) is 4.94. The van der Waals surface area contributed by atoms with E-state index in [9.17, 15) is 4.79 Å². The van der Waals surface area contributed by atoms with Crippen LogP contribution in [0.3, 0.4) is 0 Å². The summed E-state index contributed by atoms with van der Waals surface area (Å²) in [6.45, 7) is 6.10. The molecule has 2 N–H and O–H groups in total. The Labute approximate surface area is 161 Å². The summed E-state index contributed by atoms with van der Waals surface area (Å²) in [5.41, 5.74) is 2.69. The molecule has 2 rings (SSSR count). The number of unbranched alkanes of at least 4 members (excludes halogenated alkanes) is 1. The third-order valence-corrected chi connectivity index (χ3v) is 3.95. The van der Waals surface area contributed by atoms with Crippen molar-refractivity contribution in [1.29, 1.82) is 0 Å². The number of anilines is 1. The molecule has 0 saturated carbocycles. The minimum atomic E-state index is -0.252. The lowest BCUT2D eigenvalue weighted by Gasteiger charge is -2.12. The van der Waals surface area contributed by atoms with Crippen LogP contribution in [0.15, 0.2) is 48.5 Å². The molecule has 0 aliphatic rings. The predicted molar refractivity (Wildman–Crippen MR) is 111 cm³/mol. The molecule has 0 aliphatic heterocycles. The van der Waals surface area contributed by atoms with Crippen molar-refractivity contribution in [1.82, 2.24) is 5.32 Å². The van der Waals surface area contributed by atoms with Gasteiger partial charge in [-0.05, 0) is 80.9 Å². The fourth-order valence-electron chi connectivity index (χ4n) is 2.43. The lowest BCUT2D eigenvalue weighted by atomic mass is 10.1. The number of rotatable bonds is 7. The van der Waals surface area contributed by atoms with E-state index in [1.807, 2.05) is 26.0 Å². The normalized spacial score (nSPS) is 10.5. The number of amides is 1. The van der Waals surface area contributed by atoms with Crippen LogP contribution in [-0.2, 0) is 6.42 Å². The third kappa shape index (κ3) is 6.48. The second kappa shape index (κ2) is 9.92. The Balaban J connectivity index is 1.87. The minimum Gasteiger partial charge on any atom is -0.491 e. The van der Waals surface area contributed by atoms with Crippen LogP contribution in [-0.4, -0.2) is 17.1 Å². The van der Waals surface area contributed by atoms with Crippen LogP contribution in [0.1, 0.15) is 49.5 Å². The molecule has 0 radical (unpaired) electrons. The maximum Gasteiger partial charge on any atom is 0.257 e. The first kappa shape index (κ1) is 19.9. The largest absolute Gasteiger partial charge is 0.491 e. The summed E-state index contributed by atoms with van der Waals surface area (Å²) in [7, 11) is 0. The fourth-order valence-corrected chi connectivity index (χ4v) is 2.64. The van der Waals surface area contributed by atoms with Crippen molar-refractivity contribution in [2.75, 3.05) is 5.32 Å². The van der Waals surface area contributed by atoms with Crippen molar-refractivity contribution >= 4 is 28.9 Å². The van der Waals surface area contributed by atoms with Gasteiger partial charge < -0.3 is 10.1 Å². The highest BCUT2D eigenvalue weighted by Gasteiger charge is 2.08. The summed E-state index contributed by atoms with van der Waals surface area (Å²) in [5.74, 6) is 0.485. The van der Waals surface area contributed by atoms with Crippen LogP contribution in [0.4, 0.5) is 5.69 Å². The molecule has 0 bridgehead atoms. The van der Waals surface area contributed by atoms with E-state index in [1.54, 1.807) is 24.3 Å². The summed E-state index contributed by atoms with van der Waals surface area (Å²) in [4.78, 5) is 12.3. The Hall–Kier alpha value is -2.40. The molecule has 5 heteroatoms. The Kier molecular flexibility index (Phi) is 7.60. The molecule has 2 aromatic rings. The van der Waals surface area contributed by atoms with Gasteiger partial charge in [-0.1, -0.05) is 25.5 Å². The topological polar surface area (TPSA) is 50.4 Å². The van der Waals surface area contributed by atoms with Crippen LogP contribution in [0, 0.1) is 0 Å². The van der Waals surface area contributed by atoms with Gasteiger partial charge in [-0.3, -0.25) is 10.1 Å². The summed E-state index contributed by atoms with van der Waals surface area (Å²) in [6.07, 6.45) is 3.54. The van der Waals surface area contributed by atoms with E-state index in [1.165, 1.54) is 18.4 Å². The summed E-state index contributed by atoms with van der Waals surface area (Å²) < 4.78 is 5.57. The molecule has 0 aliphatic carbocycles. The Morgan fingerprint density at radius 3 is 2.31 bits per heavy atom. The molecule has 0 fully saturated rings. The lowest BCUT2D eigenvalue weighted by Crippen LogP contribution is -2.34. The maximum atomic E-state index is 12.3. The quantitative estimate of drug-likeness (QED) is 0.678. The molecule has 138 valence electrons. The molecule has 0 atom stereocenters. The van der Waals surface area contributed by atoms with Crippen LogP contribution in [0.2, 0.25) is 0 Å². The Bertz CT molecular complexity index is 725. The number of ether oxygens (including phenoxy) is 1. The lowest BCUT2D eigenvalue weighted by molar-refractivity contribution is 0.0977. The molecule has 4 nitrogen and oxygen atoms in total. The zero-order valence-electron chi connectivity index (χ0n) is 15.5. The van der Waals surface area contributed by atoms with Gasteiger partial charge in [-0.25, -0.2) is 0 Å². The fraction of sp³-hybridized carbons (Fsp3) is 0.333. The number of aryl methyl sites for hydroxylation is 1. The number of benzene rings is 2. The van der Waals surface area contributed by atoms with Crippen LogP contribution < -0.4 is 15.4 Å². The molecule has 0 spiro atoms. The van der Waals surface area contributed by atoms with Gasteiger partial charge in [0.25, 0.3) is 5.91 Å². The Morgan fingerprint density at radius 2 is 1.73 bits per heavy atom. The van der Waals surface area contributed by atoms with E-state index in [0.29, 0.717) is 5.56 Å². The van der Waals surface area contributed by atoms with Gasteiger partial charge in [-0.15, -0.1) is 0 Å². The molecule has 2 aromatic carbocycles. The van der Waals surface area contributed by atoms with Crippen molar-refractivity contribution in [2.24, 2.45) is 0 Å². The van der Waals surface area contributed by atoms with Crippen molar-refractivity contribution in [2.45, 2.75) is 46.1 Å². The average molecular weight is 371 g/mol.